The van der Waals surface area contributed by atoms with Crippen molar-refractivity contribution < 1.29 is 29.0 Å². The summed E-state index contributed by atoms with van der Waals surface area (Å²) in [6, 6.07) is 6.99. The van der Waals surface area contributed by atoms with E-state index in [1.165, 1.54) is 6.42 Å². The van der Waals surface area contributed by atoms with Gasteiger partial charge >= 0.3 is 11.9 Å². The highest BCUT2D eigenvalue weighted by Gasteiger charge is 2.28. The zero-order valence-corrected chi connectivity index (χ0v) is 20.0. The quantitative estimate of drug-likeness (QED) is 0.364. The Morgan fingerprint density at radius 3 is 2.54 bits per heavy atom. The van der Waals surface area contributed by atoms with Crippen LogP contribution >= 0.6 is 0 Å². The molecule has 8 heteroatoms. The molecule has 0 bridgehead atoms. The van der Waals surface area contributed by atoms with Crippen molar-refractivity contribution in [2.75, 3.05) is 6.54 Å². The highest BCUT2D eigenvalue weighted by atomic mass is 16.4. The predicted molar refractivity (Wildman–Crippen MR) is 131 cm³/mol. The Morgan fingerprint density at radius 2 is 1.91 bits per heavy atom. The molecule has 1 unspecified atom stereocenters. The number of carboxylic acid groups (broad SMARTS) is 2. The first kappa shape index (κ1) is 24.6. The van der Waals surface area contributed by atoms with Crippen molar-refractivity contribution in [3.05, 3.63) is 47.9 Å². The fourth-order valence-electron chi connectivity index (χ4n) is 5.28. The fourth-order valence-corrected chi connectivity index (χ4v) is 5.28. The van der Waals surface area contributed by atoms with E-state index in [-0.39, 0.29) is 24.6 Å². The zero-order valence-electron chi connectivity index (χ0n) is 20.0. The molecular weight excluding hydrogens is 448 g/mol. The number of amides is 1. The predicted octanol–water partition coefficient (Wildman–Crippen LogP) is 5.26. The summed E-state index contributed by atoms with van der Waals surface area (Å²) in [7, 11) is 0. The molecule has 8 nitrogen and oxygen atoms in total. The average molecular weight is 481 g/mol. The van der Waals surface area contributed by atoms with E-state index in [0.29, 0.717) is 24.3 Å². The lowest BCUT2D eigenvalue weighted by Crippen LogP contribution is -2.30. The van der Waals surface area contributed by atoms with E-state index >= 15 is 0 Å². The molecule has 0 radical (unpaired) electrons. The number of fused-ring (bicyclic) bond motifs is 1. The van der Waals surface area contributed by atoms with Gasteiger partial charge in [0.05, 0.1) is 35.2 Å². The van der Waals surface area contributed by atoms with Gasteiger partial charge in [-0.1, -0.05) is 32.3 Å². The molecule has 0 aliphatic heterocycles. The molecule has 2 aromatic heterocycles. The summed E-state index contributed by atoms with van der Waals surface area (Å²) >= 11 is 0. The molecule has 0 saturated heterocycles. The van der Waals surface area contributed by atoms with Crippen LogP contribution in [0, 0.1) is 5.92 Å². The Hall–Kier alpha value is -3.55. The van der Waals surface area contributed by atoms with Crippen molar-refractivity contribution in [2.45, 2.75) is 64.3 Å². The third kappa shape index (κ3) is 5.26. The van der Waals surface area contributed by atoms with Gasteiger partial charge in [0.1, 0.15) is 6.54 Å². The maximum absolute atomic E-state index is 13.0. The normalized spacial score (nSPS) is 15.2. The summed E-state index contributed by atoms with van der Waals surface area (Å²) < 4.78 is 7.28. The van der Waals surface area contributed by atoms with Crippen molar-refractivity contribution >= 4 is 28.7 Å². The molecule has 3 aromatic rings. The summed E-state index contributed by atoms with van der Waals surface area (Å²) in [5.74, 6) is -2.31. The monoisotopic (exact) mass is 480 g/mol. The molecule has 1 aliphatic rings. The maximum Gasteiger partial charge on any atom is 0.335 e. The second kappa shape index (κ2) is 10.8. The van der Waals surface area contributed by atoms with Gasteiger partial charge in [0, 0.05) is 17.5 Å². The standard InChI is InChI=1S/C27H32N2O6/c1-2-17(26(31)32)10-12-28-23(30)15-29-22-14-19(27(33)34)8-9-21(22)24(18-6-4-3-5-7-18)25(29)20-11-13-35-16-20/h8-9,11,13-14,16-18H,2-7,10,12,15H2,1H3,(H,28,30)(H,31,32)(H,33,34). The molecule has 186 valence electrons. The SMILES string of the molecule is CCC(CCNC(=O)Cn1c(-c2ccoc2)c(C2CCCCC2)c2ccc(C(=O)O)cc21)C(=O)O. The molecule has 1 atom stereocenters. The van der Waals surface area contributed by atoms with Crippen LogP contribution in [-0.4, -0.2) is 39.2 Å². The lowest BCUT2D eigenvalue weighted by Gasteiger charge is -2.23. The van der Waals surface area contributed by atoms with E-state index in [2.05, 4.69) is 5.32 Å². The van der Waals surface area contributed by atoms with Crippen LogP contribution in [0.5, 0.6) is 0 Å². The molecule has 4 rings (SSSR count). The van der Waals surface area contributed by atoms with Gasteiger partial charge in [-0.05, 0) is 55.4 Å². The van der Waals surface area contributed by atoms with E-state index in [4.69, 9.17) is 4.42 Å². The van der Waals surface area contributed by atoms with Crippen LogP contribution in [-0.2, 0) is 16.1 Å². The highest BCUT2D eigenvalue weighted by molar-refractivity contribution is 5.99. The minimum Gasteiger partial charge on any atom is -0.481 e. The first-order chi connectivity index (χ1) is 16.9. The molecule has 1 saturated carbocycles. The van der Waals surface area contributed by atoms with Crippen LogP contribution in [0.3, 0.4) is 0 Å². The lowest BCUT2D eigenvalue weighted by molar-refractivity contribution is -0.142. The molecule has 1 aromatic carbocycles. The second-order valence-electron chi connectivity index (χ2n) is 9.31. The largest absolute Gasteiger partial charge is 0.481 e. The van der Waals surface area contributed by atoms with Gasteiger partial charge in [-0.3, -0.25) is 9.59 Å². The van der Waals surface area contributed by atoms with Gasteiger partial charge in [-0.25, -0.2) is 4.79 Å². The topological polar surface area (TPSA) is 122 Å². The number of nitrogens with one attached hydrogen (secondary N) is 1. The molecule has 1 amide bonds. The van der Waals surface area contributed by atoms with E-state index in [9.17, 15) is 24.6 Å². The zero-order chi connectivity index (χ0) is 24.9. The first-order valence-corrected chi connectivity index (χ1v) is 12.3. The van der Waals surface area contributed by atoms with Crippen LogP contribution in [0.15, 0.2) is 41.2 Å². The number of nitrogens with zero attached hydrogens (tertiary/aromatic N) is 1. The number of aromatic nitrogens is 1. The summed E-state index contributed by atoms with van der Waals surface area (Å²) in [4.78, 5) is 36.0. The van der Waals surface area contributed by atoms with Crippen LogP contribution in [0.4, 0.5) is 0 Å². The first-order valence-electron chi connectivity index (χ1n) is 12.3. The minimum atomic E-state index is -1.02. The molecule has 1 aliphatic carbocycles. The van der Waals surface area contributed by atoms with Crippen molar-refractivity contribution in [1.82, 2.24) is 9.88 Å². The number of hydrogen-bond donors (Lipinski definition) is 3. The fraction of sp³-hybridized carbons (Fsp3) is 0.444. The molecule has 2 heterocycles. The average Bonchev–Trinajstić information content (AvgIpc) is 3.48. The van der Waals surface area contributed by atoms with Crippen LogP contribution in [0.25, 0.3) is 22.2 Å². The van der Waals surface area contributed by atoms with E-state index in [1.807, 2.05) is 23.6 Å². The summed E-state index contributed by atoms with van der Waals surface area (Å²) in [5.41, 5.74) is 3.74. The van der Waals surface area contributed by atoms with Gasteiger partial charge < -0.3 is 24.5 Å². The smallest absolute Gasteiger partial charge is 0.335 e. The van der Waals surface area contributed by atoms with Crippen LogP contribution in [0.2, 0.25) is 0 Å². The highest BCUT2D eigenvalue weighted by Crippen LogP contribution is 2.44. The number of aliphatic carboxylic acids is 1. The van der Waals surface area contributed by atoms with Gasteiger partial charge in [-0.15, -0.1) is 0 Å². The van der Waals surface area contributed by atoms with Gasteiger partial charge in [-0.2, -0.15) is 0 Å². The number of aromatic carboxylic acids is 1. The number of carboxylic acids is 2. The Bertz CT molecular complexity index is 1200. The summed E-state index contributed by atoms with van der Waals surface area (Å²) in [5, 5.41) is 22.7. The van der Waals surface area contributed by atoms with Crippen LogP contribution in [0.1, 0.15) is 73.7 Å². The number of hydrogen-bond acceptors (Lipinski definition) is 4. The maximum atomic E-state index is 13.0. The number of carbonyl (C=O) groups is 3. The number of carbonyl (C=O) groups excluding carboxylic acids is 1. The number of rotatable bonds is 10. The van der Waals surface area contributed by atoms with Gasteiger partial charge in [0.2, 0.25) is 5.91 Å². The Kier molecular flexibility index (Phi) is 7.58. The summed E-state index contributed by atoms with van der Waals surface area (Å²) in [6.07, 6.45) is 9.69. The van der Waals surface area contributed by atoms with Crippen molar-refractivity contribution in [3.63, 3.8) is 0 Å². The van der Waals surface area contributed by atoms with Gasteiger partial charge in [0.15, 0.2) is 0 Å². The molecule has 1 fully saturated rings. The molecular formula is C27H32N2O6. The number of benzene rings is 1. The van der Waals surface area contributed by atoms with Gasteiger partial charge in [0.25, 0.3) is 0 Å². The Balaban J connectivity index is 1.74. The van der Waals surface area contributed by atoms with Crippen molar-refractivity contribution in [3.8, 4) is 11.3 Å². The summed E-state index contributed by atoms with van der Waals surface area (Å²) in [6.45, 7) is 2.08. The van der Waals surface area contributed by atoms with E-state index in [1.54, 1.807) is 24.7 Å². The van der Waals surface area contributed by atoms with E-state index in [0.717, 1.165) is 47.9 Å². The Labute approximate surface area is 203 Å². The van der Waals surface area contributed by atoms with Crippen molar-refractivity contribution in [1.29, 1.82) is 0 Å². The second-order valence-corrected chi connectivity index (χ2v) is 9.31. The molecule has 35 heavy (non-hydrogen) atoms. The molecule has 3 N–H and O–H groups in total. The number of furan rings is 1. The third-order valence-electron chi connectivity index (χ3n) is 7.12. The minimum absolute atomic E-state index is 0.00330. The Morgan fingerprint density at radius 1 is 1.14 bits per heavy atom. The lowest BCUT2D eigenvalue weighted by atomic mass is 9.82. The van der Waals surface area contributed by atoms with Crippen molar-refractivity contribution in [2.24, 2.45) is 5.92 Å². The third-order valence-corrected chi connectivity index (χ3v) is 7.12. The molecule has 0 spiro atoms. The van der Waals surface area contributed by atoms with Crippen LogP contribution < -0.4 is 5.32 Å². The van der Waals surface area contributed by atoms with E-state index < -0.39 is 17.9 Å².